The molecule has 0 saturated carbocycles. The van der Waals surface area contributed by atoms with Gasteiger partial charge in [-0.3, -0.25) is 0 Å². The van der Waals surface area contributed by atoms with Crippen molar-refractivity contribution in [3.8, 4) is 0 Å². The van der Waals surface area contributed by atoms with E-state index in [4.69, 9.17) is 14.9 Å². The molecule has 0 spiro atoms. The van der Waals surface area contributed by atoms with E-state index in [0.717, 1.165) is 25.0 Å². The lowest BCUT2D eigenvalue weighted by Crippen LogP contribution is -2.03. The van der Waals surface area contributed by atoms with E-state index in [1.54, 1.807) is 0 Å². The van der Waals surface area contributed by atoms with Gasteiger partial charge in [0, 0.05) is 13.2 Å². The summed E-state index contributed by atoms with van der Waals surface area (Å²) < 4.78 is 5.46. The summed E-state index contributed by atoms with van der Waals surface area (Å²) in [4.78, 5) is 0. The van der Waals surface area contributed by atoms with Gasteiger partial charge in [-0.05, 0) is 31.6 Å². The van der Waals surface area contributed by atoms with E-state index in [9.17, 15) is 0 Å². The number of rotatable bonds is 7. The summed E-state index contributed by atoms with van der Waals surface area (Å²) in [6.07, 6.45) is 1.82. The van der Waals surface area contributed by atoms with Crippen molar-refractivity contribution in [2.45, 2.75) is 53.6 Å². The number of hydrogen-bond donors (Lipinski definition) is 2. The van der Waals surface area contributed by atoms with Crippen molar-refractivity contribution in [2.24, 2.45) is 11.8 Å². The summed E-state index contributed by atoms with van der Waals surface area (Å²) in [5.41, 5.74) is 0. The van der Waals surface area contributed by atoms with Gasteiger partial charge in [0.25, 0.3) is 0 Å². The van der Waals surface area contributed by atoms with Crippen LogP contribution in [0.2, 0.25) is 0 Å². The third kappa shape index (κ3) is 23.6. The van der Waals surface area contributed by atoms with Crippen molar-refractivity contribution in [3.05, 3.63) is 0 Å². The molecule has 0 aliphatic rings. The fourth-order valence-electron chi connectivity index (χ4n) is 0.740. The van der Waals surface area contributed by atoms with Gasteiger partial charge in [-0.2, -0.15) is 0 Å². The Morgan fingerprint density at radius 2 is 1.19 bits per heavy atom. The lowest BCUT2D eigenvalue weighted by atomic mass is 10.1. The number of hydrogen-bond acceptors (Lipinski definition) is 3. The third-order valence-electron chi connectivity index (χ3n) is 1.94. The average molecular weight is 234 g/mol. The second-order valence-electron chi connectivity index (χ2n) is 5.01. The second-order valence-corrected chi connectivity index (χ2v) is 5.01. The Bertz CT molecular complexity index is 112. The van der Waals surface area contributed by atoms with Gasteiger partial charge in [0.05, 0.1) is 12.7 Å². The highest BCUT2D eigenvalue weighted by molar-refractivity contribution is 4.45. The second kappa shape index (κ2) is 12.9. The van der Waals surface area contributed by atoms with Crippen molar-refractivity contribution in [1.29, 1.82) is 0 Å². The molecule has 0 aliphatic carbocycles. The van der Waals surface area contributed by atoms with Crippen molar-refractivity contribution >= 4 is 0 Å². The monoisotopic (exact) mass is 234 g/mol. The van der Waals surface area contributed by atoms with E-state index in [1.807, 2.05) is 0 Å². The van der Waals surface area contributed by atoms with Gasteiger partial charge in [0.15, 0.2) is 0 Å². The maximum absolute atomic E-state index is 8.11. The molecule has 0 fully saturated rings. The molecular formula is C13H30O3. The van der Waals surface area contributed by atoms with Gasteiger partial charge < -0.3 is 14.9 Å². The van der Waals surface area contributed by atoms with Crippen molar-refractivity contribution < 1.29 is 14.9 Å². The molecule has 0 heterocycles. The van der Waals surface area contributed by atoms with Crippen LogP contribution in [0.15, 0.2) is 0 Å². The van der Waals surface area contributed by atoms with Crippen molar-refractivity contribution in [2.75, 3.05) is 19.8 Å². The fraction of sp³-hybridized carbons (Fsp3) is 1.00. The largest absolute Gasteiger partial charge is 0.394 e. The highest BCUT2D eigenvalue weighted by Crippen LogP contribution is 2.02. The first kappa shape index (κ1) is 18.3. The van der Waals surface area contributed by atoms with E-state index < -0.39 is 6.10 Å². The minimum Gasteiger partial charge on any atom is -0.394 e. The normalized spacial score (nSPS) is 12.6. The molecule has 3 nitrogen and oxygen atoms in total. The number of aliphatic hydroxyl groups excluding tert-OH is 2. The van der Waals surface area contributed by atoms with Crippen LogP contribution in [0.25, 0.3) is 0 Å². The van der Waals surface area contributed by atoms with E-state index in [2.05, 4.69) is 27.7 Å². The van der Waals surface area contributed by atoms with E-state index in [1.165, 1.54) is 19.8 Å². The van der Waals surface area contributed by atoms with Crippen molar-refractivity contribution in [1.82, 2.24) is 0 Å². The summed E-state index contributed by atoms with van der Waals surface area (Å²) in [6, 6.07) is 0. The van der Waals surface area contributed by atoms with Crippen LogP contribution in [-0.2, 0) is 4.74 Å². The summed E-state index contributed by atoms with van der Waals surface area (Å²) in [6.45, 7) is 12.2. The van der Waals surface area contributed by atoms with Crippen LogP contribution in [-0.4, -0.2) is 36.1 Å². The zero-order valence-corrected chi connectivity index (χ0v) is 11.6. The van der Waals surface area contributed by atoms with E-state index >= 15 is 0 Å². The molecule has 0 aromatic heterocycles. The Balaban J connectivity index is 0. The predicted octanol–water partition coefficient (Wildman–Crippen LogP) is 2.45. The standard InChI is InChI=1S/C10H22O.C3H8O2/c1-9(2)5-7-11-8-6-10(3)4;1-3(5)2-4/h9-10H,5-8H2,1-4H3;3-5H,2H2,1H3. The predicted molar refractivity (Wildman–Crippen MR) is 68.5 cm³/mol. The fourth-order valence-corrected chi connectivity index (χ4v) is 0.740. The maximum atomic E-state index is 8.11. The first-order valence-electron chi connectivity index (χ1n) is 6.26. The van der Waals surface area contributed by atoms with Gasteiger partial charge in [-0.25, -0.2) is 0 Å². The molecule has 0 aromatic carbocycles. The van der Waals surface area contributed by atoms with Gasteiger partial charge in [0.1, 0.15) is 0 Å². The molecule has 0 radical (unpaired) electrons. The number of aliphatic hydroxyl groups is 2. The maximum Gasteiger partial charge on any atom is 0.0742 e. The van der Waals surface area contributed by atoms with Crippen LogP contribution >= 0.6 is 0 Å². The molecule has 0 aromatic rings. The van der Waals surface area contributed by atoms with Crippen LogP contribution in [0, 0.1) is 11.8 Å². The summed E-state index contributed by atoms with van der Waals surface area (Å²) in [7, 11) is 0. The SMILES string of the molecule is CC(C)CCOCCC(C)C.CC(O)CO. The quantitative estimate of drug-likeness (QED) is 0.665. The molecule has 3 heteroatoms. The molecule has 0 bridgehead atoms. The van der Waals surface area contributed by atoms with Gasteiger partial charge >= 0.3 is 0 Å². The van der Waals surface area contributed by atoms with Gasteiger partial charge in [-0.1, -0.05) is 27.7 Å². The Morgan fingerprint density at radius 3 is 1.38 bits per heavy atom. The molecule has 1 atom stereocenters. The lowest BCUT2D eigenvalue weighted by molar-refractivity contribution is 0.110. The Labute approximate surface area is 101 Å². The zero-order chi connectivity index (χ0) is 13.0. The van der Waals surface area contributed by atoms with Crippen molar-refractivity contribution in [3.63, 3.8) is 0 Å². The van der Waals surface area contributed by atoms with Crippen LogP contribution in [0.4, 0.5) is 0 Å². The van der Waals surface area contributed by atoms with Crippen LogP contribution in [0.1, 0.15) is 47.5 Å². The summed E-state index contributed by atoms with van der Waals surface area (Å²) in [5.74, 6) is 1.54. The first-order chi connectivity index (χ1) is 7.40. The first-order valence-corrected chi connectivity index (χ1v) is 6.26. The summed E-state index contributed by atoms with van der Waals surface area (Å²) in [5, 5.41) is 16.0. The molecular weight excluding hydrogens is 204 g/mol. The highest BCUT2D eigenvalue weighted by Gasteiger charge is 1.95. The summed E-state index contributed by atoms with van der Waals surface area (Å²) >= 11 is 0. The Hall–Kier alpha value is -0.120. The smallest absolute Gasteiger partial charge is 0.0742 e. The molecule has 0 saturated heterocycles. The van der Waals surface area contributed by atoms with E-state index in [-0.39, 0.29) is 6.61 Å². The molecule has 1 unspecified atom stereocenters. The topological polar surface area (TPSA) is 49.7 Å². The molecule has 16 heavy (non-hydrogen) atoms. The molecule has 0 aliphatic heterocycles. The Morgan fingerprint density at radius 1 is 0.875 bits per heavy atom. The van der Waals surface area contributed by atoms with Gasteiger partial charge in [-0.15, -0.1) is 0 Å². The molecule has 100 valence electrons. The minimum absolute atomic E-state index is 0.139. The number of ether oxygens (including phenoxy) is 1. The lowest BCUT2D eigenvalue weighted by Gasteiger charge is -2.07. The minimum atomic E-state index is -0.560. The van der Waals surface area contributed by atoms with Crippen LogP contribution < -0.4 is 0 Å². The molecule has 0 amide bonds. The zero-order valence-electron chi connectivity index (χ0n) is 11.6. The van der Waals surface area contributed by atoms with Crippen LogP contribution in [0.3, 0.4) is 0 Å². The molecule has 0 rings (SSSR count). The molecule has 2 N–H and O–H groups in total. The van der Waals surface area contributed by atoms with Gasteiger partial charge in [0.2, 0.25) is 0 Å². The Kier molecular flexibility index (Phi) is 14.8. The van der Waals surface area contributed by atoms with E-state index in [0.29, 0.717) is 0 Å². The average Bonchev–Trinajstić information content (AvgIpc) is 2.17. The highest BCUT2D eigenvalue weighted by atomic mass is 16.5. The van der Waals surface area contributed by atoms with Crippen LogP contribution in [0.5, 0.6) is 0 Å². The third-order valence-corrected chi connectivity index (χ3v) is 1.94.